The summed E-state index contributed by atoms with van der Waals surface area (Å²) in [6.45, 7) is 0. The average Bonchev–Trinajstić information content (AvgIpc) is 2.41. The van der Waals surface area contributed by atoms with Crippen LogP contribution in [0.1, 0.15) is 12.0 Å². The van der Waals surface area contributed by atoms with Gasteiger partial charge in [0.15, 0.2) is 0 Å². The van der Waals surface area contributed by atoms with E-state index in [9.17, 15) is 18.3 Å². The lowest BCUT2D eigenvalue weighted by Crippen LogP contribution is -2.06. The van der Waals surface area contributed by atoms with E-state index in [1.165, 1.54) is 18.2 Å². The molecule has 6 heteroatoms. The van der Waals surface area contributed by atoms with Crippen molar-refractivity contribution in [2.75, 3.05) is 0 Å². The van der Waals surface area contributed by atoms with Crippen molar-refractivity contribution < 1.29 is 23.4 Å². The van der Waals surface area contributed by atoms with Crippen LogP contribution in [0.5, 0.6) is 0 Å². The second-order valence-corrected chi connectivity index (χ2v) is 5.28. The molecule has 5 nitrogen and oxygen atoms in total. The number of aliphatic hydroxyl groups is 1. The SMILES string of the molecule is O=C(O)CC1=C(O)c2ccccc2S1(=O)=O. The van der Waals surface area contributed by atoms with Crippen LogP contribution in [0.4, 0.5) is 0 Å². The second kappa shape index (κ2) is 3.34. The summed E-state index contributed by atoms with van der Waals surface area (Å²) in [5.74, 6) is -1.75. The van der Waals surface area contributed by atoms with Gasteiger partial charge in [-0.15, -0.1) is 0 Å². The molecule has 0 spiro atoms. The van der Waals surface area contributed by atoms with Gasteiger partial charge in [-0.3, -0.25) is 4.79 Å². The van der Waals surface area contributed by atoms with Crippen LogP contribution >= 0.6 is 0 Å². The monoisotopic (exact) mass is 240 g/mol. The molecule has 0 amide bonds. The van der Waals surface area contributed by atoms with E-state index in [4.69, 9.17) is 5.11 Å². The first kappa shape index (κ1) is 10.7. The van der Waals surface area contributed by atoms with Gasteiger partial charge in [0.25, 0.3) is 0 Å². The summed E-state index contributed by atoms with van der Waals surface area (Å²) in [7, 11) is -3.84. The van der Waals surface area contributed by atoms with Gasteiger partial charge in [0.1, 0.15) is 10.7 Å². The average molecular weight is 240 g/mol. The normalized spacial score (nSPS) is 17.2. The molecule has 0 unspecified atom stereocenters. The Morgan fingerprint density at radius 3 is 2.44 bits per heavy atom. The van der Waals surface area contributed by atoms with Crippen molar-refractivity contribution >= 4 is 21.6 Å². The van der Waals surface area contributed by atoms with E-state index < -0.39 is 32.9 Å². The minimum absolute atomic E-state index is 0.0382. The number of sulfone groups is 1. The molecule has 1 heterocycles. The lowest BCUT2D eigenvalue weighted by Gasteiger charge is -1.99. The summed E-state index contributed by atoms with van der Waals surface area (Å²) in [6.07, 6.45) is -0.706. The van der Waals surface area contributed by atoms with Crippen molar-refractivity contribution in [3.63, 3.8) is 0 Å². The third kappa shape index (κ3) is 1.38. The van der Waals surface area contributed by atoms with E-state index >= 15 is 0 Å². The van der Waals surface area contributed by atoms with Gasteiger partial charge in [0, 0.05) is 5.56 Å². The van der Waals surface area contributed by atoms with Crippen LogP contribution in [0, 0.1) is 0 Å². The second-order valence-electron chi connectivity index (χ2n) is 3.34. The molecular formula is C10H8O5S. The molecule has 0 fully saturated rings. The van der Waals surface area contributed by atoms with E-state index in [0.29, 0.717) is 0 Å². The van der Waals surface area contributed by atoms with Crippen molar-refractivity contribution in [3.8, 4) is 0 Å². The molecule has 1 aromatic carbocycles. The van der Waals surface area contributed by atoms with Crippen molar-refractivity contribution in [2.45, 2.75) is 11.3 Å². The van der Waals surface area contributed by atoms with E-state index in [0.717, 1.165) is 0 Å². The maximum Gasteiger partial charge on any atom is 0.308 e. The topological polar surface area (TPSA) is 91.7 Å². The summed E-state index contributed by atoms with van der Waals surface area (Å²) >= 11 is 0. The Balaban J connectivity index is 2.67. The van der Waals surface area contributed by atoms with Crippen LogP contribution in [0.2, 0.25) is 0 Å². The molecule has 2 rings (SSSR count). The molecule has 1 aliphatic heterocycles. The Morgan fingerprint density at radius 1 is 1.25 bits per heavy atom. The minimum Gasteiger partial charge on any atom is -0.506 e. The number of fused-ring (bicyclic) bond motifs is 1. The largest absolute Gasteiger partial charge is 0.506 e. The van der Waals surface area contributed by atoms with Crippen LogP contribution < -0.4 is 0 Å². The van der Waals surface area contributed by atoms with Gasteiger partial charge in [0.2, 0.25) is 9.84 Å². The van der Waals surface area contributed by atoms with Gasteiger partial charge in [0.05, 0.1) is 11.3 Å². The Labute approximate surface area is 91.6 Å². The highest BCUT2D eigenvalue weighted by molar-refractivity contribution is 7.96. The first-order valence-corrected chi connectivity index (χ1v) is 5.91. The Bertz CT molecular complexity index is 597. The Kier molecular flexibility index (Phi) is 2.23. The molecule has 0 radical (unpaired) electrons. The lowest BCUT2D eigenvalue weighted by atomic mass is 10.1. The predicted molar refractivity (Wildman–Crippen MR) is 55.4 cm³/mol. The Morgan fingerprint density at radius 2 is 1.88 bits per heavy atom. The minimum atomic E-state index is -3.84. The first-order chi connectivity index (χ1) is 7.44. The third-order valence-electron chi connectivity index (χ3n) is 2.33. The number of aliphatic hydroxyl groups excluding tert-OH is 1. The molecule has 0 saturated carbocycles. The fourth-order valence-electron chi connectivity index (χ4n) is 1.62. The molecule has 1 aromatic rings. The zero-order chi connectivity index (χ0) is 11.9. The molecule has 0 bridgehead atoms. The number of aliphatic carboxylic acids is 1. The molecule has 0 saturated heterocycles. The van der Waals surface area contributed by atoms with E-state index in [1.54, 1.807) is 6.07 Å². The summed E-state index contributed by atoms with van der Waals surface area (Å²) in [5, 5.41) is 18.3. The fourth-order valence-corrected chi connectivity index (χ4v) is 3.28. The van der Waals surface area contributed by atoms with Gasteiger partial charge < -0.3 is 10.2 Å². The van der Waals surface area contributed by atoms with Gasteiger partial charge in [-0.2, -0.15) is 0 Å². The van der Waals surface area contributed by atoms with Gasteiger partial charge in [-0.25, -0.2) is 8.42 Å². The standard InChI is InChI=1S/C10H8O5S/c11-9(12)5-8-10(13)6-3-1-2-4-7(6)16(8,14)15/h1-4,13H,5H2,(H,11,12). The van der Waals surface area contributed by atoms with Crippen molar-refractivity contribution in [3.05, 3.63) is 34.7 Å². The molecule has 0 aromatic heterocycles. The van der Waals surface area contributed by atoms with Crippen LogP contribution in [0.15, 0.2) is 34.1 Å². The molecule has 0 atom stereocenters. The van der Waals surface area contributed by atoms with Gasteiger partial charge >= 0.3 is 5.97 Å². The van der Waals surface area contributed by atoms with E-state index in [-0.39, 0.29) is 10.5 Å². The maximum atomic E-state index is 11.8. The zero-order valence-electron chi connectivity index (χ0n) is 8.04. The fraction of sp³-hybridized carbons (Fsp3) is 0.100. The lowest BCUT2D eigenvalue weighted by molar-refractivity contribution is -0.136. The van der Waals surface area contributed by atoms with Crippen molar-refractivity contribution in [2.24, 2.45) is 0 Å². The third-order valence-corrected chi connectivity index (χ3v) is 4.25. The van der Waals surface area contributed by atoms with Crippen LogP contribution in [0.3, 0.4) is 0 Å². The predicted octanol–water partition coefficient (Wildman–Crippen LogP) is 1.18. The number of carboxylic acids is 1. The molecule has 1 aliphatic rings. The number of hydrogen-bond acceptors (Lipinski definition) is 4. The summed E-state index contributed by atoms with van der Waals surface area (Å²) < 4.78 is 23.7. The number of hydrogen-bond donors (Lipinski definition) is 2. The highest BCUT2D eigenvalue weighted by Crippen LogP contribution is 2.38. The maximum absolute atomic E-state index is 11.8. The summed E-state index contributed by atoms with van der Waals surface area (Å²) in [4.78, 5) is 10.0. The van der Waals surface area contributed by atoms with Crippen LogP contribution in [-0.2, 0) is 14.6 Å². The number of carboxylic acid groups (broad SMARTS) is 1. The number of benzene rings is 1. The van der Waals surface area contributed by atoms with E-state index in [2.05, 4.69) is 0 Å². The highest BCUT2D eigenvalue weighted by atomic mass is 32.2. The number of carbonyl (C=O) groups is 1. The van der Waals surface area contributed by atoms with Gasteiger partial charge in [-0.1, -0.05) is 12.1 Å². The summed E-state index contributed by atoms with van der Waals surface area (Å²) in [5.41, 5.74) is 0.166. The first-order valence-electron chi connectivity index (χ1n) is 4.43. The van der Waals surface area contributed by atoms with Crippen molar-refractivity contribution in [1.82, 2.24) is 0 Å². The zero-order valence-corrected chi connectivity index (χ0v) is 8.86. The van der Waals surface area contributed by atoms with Crippen molar-refractivity contribution in [1.29, 1.82) is 0 Å². The Hall–Kier alpha value is -1.82. The molecule has 0 aliphatic carbocycles. The highest BCUT2D eigenvalue weighted by Gasteiger charge is 2.36. The van der Waals surface area contributed by atoms with Gasteiger partial charge in [-0.05, 0) is 12.1 Å². The quantitative estimate of drug-likeness (QED) is 0.809. The molecular weight excluding hydrogens is 232 g/mol. The molecule has 16 heavy (non-hydrogen) atoms. The number of rotatable bonds is 2. The smallest absolute Gasteiger partial charge is 0.308 e. The summed E-state index contributed by atoms with van der Waals surface area (Å²) in [6, 6.07) is 5.88. The van der Waals surface area contributed by atoms with Crippen LogP contribution in [0.25, 0.3) is 5.76 Å². The van der Waals surface area contributed by atoms with Crippen LogP contribution in [-0.4, -0.2) is 24.6 Å². The molecule has 2 N–H and O–H groups in total. The molecule has 84 valence electrons. The van der Waals surface area contributed by atoms with E-state index in [1.807, 2.05) is 0 Å².